The zero-order valence-corrected chi connectivity index (χ0v) is 9.41. The van der Waals surface area contributed by atoms with Gasteiger partial charge >= 0.3 is 0 Å². The smallest absolute Gasteiger partial charge is 0.118 e. The van der Waals surface area contributed by atoms with Crippen LogP contribution in [0.3, 0.4) is 0 Å². The maximum absolute atomic E-state index is 4.29. The monoisotopic (exact) mass is 183 g/mol. The van der Waals surface area contributed by atoms with Gasteiger partial charge in [0.2, 0.25) is 0 Å². The summed E-state index contributed by atoms with van der Waals surface area (Å²) in [5.41, 5.74) is 0.338. The van der Waals surface area contributed by atoms with Crippen molar-refractivity contribution in [3.05, 3.63) is 0 Å². The van der Waals surface area contributed by atoms with Crippen LogP contribution in [-0.2, 0) is 0 Å². The topological polar surface area (TPSA) is 18.8 Å². The van der Waals surface area contributed by atoms with Crippen LogP contribution < -0.4 is 0 Å². The standard InChI is InChI=1S/C10H21N3/c1-6-9-12(5)11-8-13(9)7-10(2,3)4/h8-9H,6-7H2,1-5H3. The van der Waals surface area contributed by atoms with Crippen molar-refractivity contribution < 1.29 is 0 Å². The van der Waals surface area contributed by atoms with Gasteiger partial charge in [-0.2, -0.15) is 5.10 Å². The quantitative estimate of drug-likeness (QED) is 0.651. The molecular formula is C10H21N3. The molecule has 0 spiro atoms. The largest absolute Gasteiger partial charge is 0.339 e. The number of hydrazone groups is 1. The van der Waals surface area contributed by atoms with Crippen LogP contribution in [0.25, 0.3) is 0 Å². The van der Waals surface area contributed by atoms with Gasteiger partial charge in [-0.1, -0.05) is 27.7 Å². The molecule has 76 valence electrons. The fourth-order valence-electron chi connectivity index (χ4n) is 1.71. The van der Waals surface area contributed by atoms with E-state index < -0.39 is 0 Å². The summed E-state index contributed by atoms with van der Waals surface area (Å²) in [6.45, 7) is 10.0. The lowest BCUT2D eigenvalue weighted by atomic mass is 9.96. The molecule has 0 amide bonds. The summed E-state index contributed by atoms with van der Waals surface area (Å²) >= 11 is 0. The van der Waals surface area contributed by atoms with Gasteiger partial charge in [-0.3, -0.25) is 5.01 Å². The highest BCUT2D eigenvalue weighted by atomic mass is 15.6. The third-order valence-electron chi connectivity index (χ3n) is 2.22. The minimum absolute atomic E-state index is 0.338. The Bertz CT molecular complexity index is 193. The van der Waals surface area contributed by atoms with Crippen LogP contribution in [0.4, 0.5) is 0 Å². The molecule has 1 aliphatic heterocycles. The minimum Gasteiger partial charge on any atom is -0.339 e. The van der Waals surface area contributed by atoms with Crippen molar-refractivity contribution in [1.82, 2.24) is 9.91 Å². The van der Waals surface area contributed by atoms with Crippen molar-refractivity contribution in [3.63, 3.8) is 0 Å². The van der Waals surface area contributed by atoms with Crippen molar-refractivity contribution in [2.24, 2.45) is 10.5 Å². The molecule has 3 heteroatoms. The molecule has 0 radical (unpaired) electrons. The molecule has 0 fully saturated rings. The van der Waals surface area contributed by atoms with Gasteiger partial charge in [-0.25, -0.2) is 0 Å². The first-order chi connectivity index (χ1) is 5.94. The maximum Gasteiger partial charge on any atom is 0.118 e. The van der Waals surface area contributed by atoms with Gasteiger partial charge in [0.1, 0.15) is 12.5 Å². The lowest BCUT2D eigenvalue weighted by molar-refractivity contribution is 0.127. The Hall–Kier alpha value is -0.730. The molecule has 1 rings (SSSR count). The van der Waals surface area contributed by atoms with E-state index in [0.29, 0.717) is 11.6 Å². The highest BCUT2D eigenvalue weighted by Gasteiger charge is 2.26. The van der Waals surface area contributed by atoms with E-state index in [2.05, 4.69) is 37.7 Å². The second-order valence-electron chi connectivity index (χ2n) is 4.93. The van der Waals surface area contributed by atoms with Crippen molar-refractivity contribution in [2.45, 2.75) is 40.3 Å². The average Bonchev–Trinajstić information content (AvgIpc) is 2.28. The van der Waals surface area contributed by atoms with Gasteiger partial charge < -0.3 is 4.90 Å². The van der Waals surface area contributed by atoms with Crippen LogP contribution in [0, 0.1) is 5.41 Å². The summed E-state index contributed by atoms with van der Waals surface area (Å²) in [6, 6.07) is 0. The average molecular weight is 183 g/mol. The molecular weight excluding hydrogens is 162 g/mol. The fourth-order valence-corrected chi connectivity index (χ4v) is 1.71. The molecule has 3 nitrogen and oxygen atoms in total. The second kappa shape index (κ2) is 3.56. The van der Waals surface area contributed by atoms with Crippen LogP contribution in [0.2, 0.25) is 0 Å². The van der Waals surface area contributed by atoms with Gasteiger partial charge in [0.15, 0.2) is 0 Å². The molecule has 0 saturated carbocycles. The van der Waals surface area contributed by atoms with E-state index in [1.165, 1.54) is 0 Å². The Balaban J connectivity index is 2.56. The Morgan fingerprint density at radius 3 is 2.46 bits per heavy atom. The highest BCUT2D eigenvalue weighted by Crippen LogP contribution is 2.20. The van der Waals surface area contributed by atoms with Gasteiger partial charge in [-0.15, -0.1) is 0 Å². The first kappa shape index (κ1) is 10.4. The Labute approximate surface area is 81.4 Å². The van der Waals surface area contributed by atoms with Crippen LogP contribution in [0.5, 0.6) is 0 Å². The van der Waals surface area contributed by atoms with E-state index in [0.717, 1.165) is 13.0 Å². The zero-order chi connectivity index (χ0) is 10.1. The predicted molar refractivity (Wildman–Crippen MR) is 56.5 cm³/mol. The van der Waals surface area contributed by atoms with Crippen LogP contribution in [0.1, 0.15) is 34.1 Å². The molecule has 1 unspecified atom stereocenters. The lowest BCUT2D eigenvalue weighted by Crippen LogP contribution is -2.41. The predicted octanol–water partition coefficient (Wildman–Crippen LogP) is 1.96. The highest BCUT2D eigenvalue weighted by molar-refractivity contribution is 5.57. The molecule has 1 heterocycles. The van der Waals surface area contributed by atoms with E-state index in [1.54, 1.807) is 0 Å². The van der Waals surface area contributed by atoms with Crippen molar-refractivity contribution >= 4 is 6.34 Å². The van der Waals surface area contributed by atoms with E-state index >= 15 is 0 Å². The molecule has 13 heavy (non-hydrogen) atoms. The molecule has 1 aliphatic rings. The molecule has 0 N–H and O–H groups in total. The molecule has 0 bridgehead atoms. The van der Waals surface area contributed by atoms with Gasteiger partial charge in [0.05, 0.1) is 0 Å². The van der Waals surface area contributed by atoms with Gasteiger partial charge in [-0.05, 0) is 11.8 Å². The summed E-state index contributed by atoms with van der Waals surface area (Å²) in [4.78, 5) is 2.32. The summed E-state index contributed by atoms with van der Waals surface area (Å²) in [6.07, 6.45) is 3.53. The number of hydrogen-bond acceptors (Lipinski definition) is 3. The van der Waals surface area contributed by atoms with Crippen molar-refractivity contribution in [3.8, 4) is 0 Å². The Morgan fingerprint density at radius 1 is 1.38 bits per heavy atom. The minimum atomic E-state index is 0.338. The number of nitrogens with zero attached hydrogens (tertiary/aromatic N) is 3. The summed E-state index contributed by atoms with van der Waals surface area (Å²) in [5, 5.41) is 6.32. The van der Waals surface area contributed by atoms with Crippen LogP contribution in [-0.4, -0.2) is 36.0 Å². The summed E-state index contributed by atoms with van der Waals surface area (Å²) in [5.74, 6) is 0. The second-order valence-corrected chi connectivity index (χ2v) is 4.93. The normalized spacial score (nSPS) is 23.0. The molecule has 0 aromatic carbocycles. The lowest BCUT2D eigenvalue weighted by Gasteiger charge is -2.32. The molecule has 0 aromatic heterocycles. The third-order valence-corrected chi connectivity index (χ3v) is 2.22. The number of rotatable bonds is 2. The summed E-state index contributed by atoms with van der Waals surface area (Å²) < 4.78 is 0. The van der Waals surface area contributed by atoms with E-state index in [4.69, 9.17) is 0 Å². The summed E-state index contributed by atoms with van der Waals surface area (Å²) in [7, 11) is 2.04. The maximum atomic E-state index is 4.29. The fraction of sp³-hybridized carbons (Fsp3) is 0.900. The number of hydrogen-bond donors (Lipinski definition) is 0. The molecule has 1 atom stereocenters. The molecule has 0 aromatic rings. The first-order valence-electron chi connectivity index (χ1n) is 4.97. The Kier molecular flexibility index (Phi) is 2.84. The molecule has 0 aliphatic carbocycles. The van der Waals surface area contributed by atoms with Crippen molar-refractivity contribution in [1.29, 1.82) is 0 Å². The van der Waals surface area contributed by atoms with E-state index in [1.807, 2.05) is 18.4 Å². The van der Waals surface area contributed by atoms with E-state index in [-0.39, 0.29) is 0 Å². The van der Waals surface area contributed by atoms with Crippen molar-refractivity contribution in [2.75, 3.05) is 13.6 Å². The van der Waals surface area contributed by atoms with E-state index in [9.17, 15) is 0 Å². The SMILES string of the molecule is CCC1N(CC(C)(C)C)C=NN1C. The first-order valence-corrected chi connectivity index (χ1v) is 4.97. The third kappa shape index (κ3) is 2.61. The van der Waals surface area contributed by atoms with Gasteiger partial charge in [0.25, 0.3) is 0 Å². The van der Waals surface area contributed by atoms with Gasteiger partial charge in [0, 0.05) is 13.6 Å². The Morgan fingerprint density at radius 2 is 2.00 bits per heavy atom. The van der Waals surface area contributed by atoms with Crippen LogP contribution in [0.15, 0.2) is 5.10 Å². The van der Waals surface area contributed by atoms with Crippen LogP contribution >= 0.6 is 0 Å². The molecule has 0 saturated heterocycles. The zero-order valence-electron chi connectivity index (χ0n) is 9.41.